The maximum absolute atomic E-state index is 2.45. The molecule has 0 radical (unpaired) electrons. The van der Waals surface area contributed by atoms with Gasteiger partial charge in [-0.05, 0) is 252 Å². The van der Waals surface area contributed by atoms with Gasteiger partial charge in [0.2, 0.25) is 0 Å². The van der Waals surface area contributed by atoms with Gasteiger partial charge in [0.25, 0.3) is 0 Å². The van der Waals surface area contributed by atoms with Crippen LogP contribution in [0.4, 0.5) is 34.1 Å². The Balaban J connectivity index is 1.15. The number of nitrogens with zero attached hydrogens (tertiary/aromatic N) is 2. The second-order valence-corrected chi connectivity index (χ2v) is 17.7. The molecule has 0 aliphatic carbocycles. The fraction of sp³-hybridized carbons (Fsp3) is 0.233. The molecule has 7 aromatic carbocycles. The Morgan fingerprint density at radius 1 is 0.274 bits per heavy atom. The smallest absolute Gasteiger partial charge is 0.0493 e. The van der Waals surface area contributed by atoms with Gasteiger partial charge in [0.1, 0.15) is 0 Å². The zero-order valence-corrected chi connectivity index (χ0v) is 39.6. The average Bonchev–Trinajstić information content (AvgIpc) is 3.25. The van der Waals surface area contributed by atoms with Gasteiger partial charge in [0, 0.05) is 34.1 Å². The molecule has 0 N–H and O–H groups in total. The molecule has 314 valence electrons. The van der Waals surface area contributed by atoms with E-state index in [9.17, 15) is 0 Å². The van der Waals surface area contributed by atoms with Crippen LogP contribution in [0.25, 0.3) is 24.3 Å². The van der Waals surface area contributed by atoms with E-state index in [0.717, 1.165) is 0 Å². The summed E-state index contributed by atoms with van der Waals surface area (Å²) in [7, 11) is 0. The summed E-state index contributed by atoms with van der Waals surface area (Å²) in [5, 5.41) is 0. The van der Waals surface area contributed by atoms with Crippen molar-refractivity contribution in [1.29, 1.82) is 0 Å². The number of anilines is 6. The Morgan fingerprint density at radius 3 is 0.871 bits per heavy atom. The standard InChI is InChI=1S/C60H64N2/c1-37-18-30-57(47(11)43(37)7)61(58-31-19-38(2)44(8)48(58)12)55-28-26-53(41(5)34-55)24-22-51-16-15-17-52(36-51)23-25-54-27-29-56(35-42(54)6)62(59-32-20-39(3)45(9)49(59)13)60-33-21-40(4)46(10)50(60)14/h15-36H,1-14H3. The maximum atomic E-state index is 2.45. The van der Waals surface area contributed by atoms with Crippen molar-refractivity contribution in [2.45, 2.75) is 96.9 Å². The lowest BCUT2D eigenvalue weighted by Crippen LogP contribution is -2.14. The van der Waals surface area contributed by atoms with E-state index >= 15 is 0 Å². The molecule has 0 spiro atoms. The Labute approximate surface area is 372 Å². The molecular formula is C60H64N2. The largest absolute Gasteiger partial charge is 0.310 e. The third-order valence-electron chi connectivity index (χ3n) is 13.9. The van der Waals surface area contributed by atoms with Crippen molar-refractivity contribution in [3.63, 3.8) is 0 Å². The van der Waals surface area contributed by atoms with E-state index in [0.29, 0.717) is 0 Å². The first-order valence-electron chi connectivity index (χ1n) is 22.1. The number of rotatable bonds is 10. The Bertz CT molecular complexity index is 2590. The first kappa shape index (κ1) is 43.7. The van der Waals surface area contributed by atoms with Gasteiger partial charge >= 0.3 is 0 Å². The summed E-state index contributed by atoms with van der Waals surface area (Å²) < 4.78 is 0. The number of hydrogen-bond donors (Lipinski definition) is 0. The lowest BCUT2D eigenvalue weighted by molar-refractivity contribution is 1.16. The molecule has 2 nitrogen and oxygen atoms in total. The third kappa shape index (κ3) is 8.57. The van der Waals surface area contributed by atoms with Crippen LogP contribution in [0.2, 0.25) is 0 Å². The molecule has 0 saturated carbocycles. The molecule has 0 aliphatic heterocycles. The van der Waals surface area contributed by atoms with Crippen molar-refractivity contribution >= 4 is 58.4 Å². The Morgan fingerprint density at radius 2 is 0.581 bits per heavy atom. The second kappa shape index (κ2) is 17.9. The zero-order valence-electron chi connectivity index (χ0n) is 39.6. The average molecular weight is 813 g/mol. The third-order valence-corrected chi connectivity index (χ3v) is 13.9. The van der Waals surface area contributed by atoms with Crippen molar-refractivity contribution in [1.82, 2.24) is 0 Å². The molecule has 7 rings (SSSR count). The first-order valence-corrected chi connectivity index (χ1v) is 22.1. The molecule has 0 heterocycles. The molecular weight excluding hydrogens is 749 g/mol. The maximum Gasteiger partial charge on any atom is 0.0493 e. The molecule has 0 unspecified atom stereocenters. The molecule has 0 saturated heterocycles. The van der Waals surface area contributed by atoms with Crippen LogP contribution in [0.3, 0.4) is 0 Å². The van der Waals surface area contributed by atoms with Gasteiger partial charge < -0.3 is 9.80 Å². The van der Waals surface area contributed by atoms with Gasteiger partial charge in [-0.2, -0.15) is 0 Å². The molecule has 0 atom stereocenters. The number of hydrogen-bond acceptors (Lipinski definition) is 2. The number of aryl methyl sites for hydroxylation is 6. The predicted molar refractivity (Wildman–Crippen MR) is 273 cm³/mol. The van der Waals surface area contributed by atoms with Gasteiger partial charge in [-0.15, -0.1) is 0 Å². The van der Waals surface area contributed by atoms with Crippen LogP contribution >= 0.6 is 0 Å². The van der Waals surface area contributed by atoms with E-state index in [1.807, 2.05) is 0 Å². The highest BCUT2D eigenvalue weighted by atomic mass is 15.2. The highest BCUT2D eigenvalue weighted by Gasteiger charge is 2.21. The summed E-state index contributed by atoms with van der Waals surface area (Å²) in [4.78, 5) is 4.89. The van der Waals surface area contributed by atoms with E-state index < -0.39 is 0 Å². The molecule has 0 bridgehead atoms. The fourth-order valence-corrected chi connectivity index (χ4v) is 8.66. The quantitative estimate of drug-likeness (QED) is 0.127. The summed E-state index contributed by atoms with van der Waals surface area (Å²) in [6.07, 6.45) is 8.96. The van der Waals surface area contributed by atoms with Crippen LogP contribution in [-0.2, 0) is 0 Å². The van der Waals surface area contributed by atoms with Crippen LogP contribution in [0, 0.1) is 96.9 Å². The highest BCUT2D eigenvalue weighted by Crippen LogP contribution is 2.43. The molecule has 0 aromatic heterocycles. The van der Waals surface area contributed by atoms with E-state index in [1.165, 1.54) is 134 Å². The van der Waals surface area contributed by atoms with Crippen molar-refractivity contribution in [2.24, 2.45) is 0 Å². The minimum absolute atomic E-state index is 1.17. The van der Waals surface area contributed by atoms with Crippen LogP contribution < -0.4 is 9.80 Å². The van der Waals surface area contributed by atoms with Crippen molar-refractivity contribution in [3.8, 4) is 0 Å². The van der Waals surface area contributed by atoms with Crippen LogP contribution in [0.15, 0.2) is 109 Å². The lowest BCUT2D eigenvalue weighted by atomic mass is 9.97. The summed E-state index contributed by atoms with van der Waals surface area (Å²) in [5.41, 5.74) is 30.3. The predicted octanol–water partition coefficient (Wildman–Crippen LogP) is 17.3. The van der Waals surface area contributed by atoms with Crippen molar-refractivity contribution < 1.29 is 0 Å². The van der Waals surface area contributed by atoms with E-state index in [2.05, 4.69) is 240 Å². The van der Waals surface area contributed by atoms with Gasteiger partial charge in [-0.1, -0.05) is 78.9 Å². The molecule has 62 heavy (non-hydrogen) atoms. The Kier molecular flexibility index (Phi) is 12.6. The molecule has 0 amide bonds. The summed E-state index contributed by atoms with van der Waals surface area (Å²) >= 11 is 0. The molecule has 0 fully saturated rings. The Hall–Kier alpha value is -6.38. The fourth-order valence-electron chi connectivity index (χ4n) is 8.66. The first-order chi connectivity index (χ1) is 29.5. The zero-order chi connectivity index (χ0) is 44.6. The highest BCUT2D eigenvalue weighted by molar-refractivity contribution is 5.85. The van der Waals surface area contributed by atoms with Gasteiger partial charge in [-0.3, -0.25) is 0 Å². The van der Waals surface area contributed by atoms with Gasteiger partial charge in [-0.25, -0.2) is 0 Å². The summed E-state index contributed by atoms with van der Waals surface area (Å²) in [5.74, 6) is 0. The molecule has 0 aliphatic rings. The van der Waals surface area contributed by atoms with Crippen molar-refractivity contribution in [3.05, 3.63) is 209 Å². The van der Waals surface area contributed by atoms with Crippen LogP contribution in [-0.4, -0.2) is 0 Å². The van der Waals surface area contributed by atoms with Gasteiger partial charge in [0.15, 0.2) is 0 Å². The monoisotopic (exact) mass is 813 g/mol. The molecule has 7 aromatic rings. The van der Waals surface area contributed by atoms with Crippen molar-refractivity contribution in [2.75, 3.05) is 9.80 Å². The van der Waals surface area contributed by atoms with Crippen LogP contribution in [0.1, 0.15) is 100 Å². The lowest BCUT2D eigenvalue weighted by Gasteiger charge is -2.31. The van der Waals surface area contributed by atoms with E-state index in [-0.39, 0.29) is 0 Å². The minimum Gasteiger partial charge on any atom is -0.310 e. The van der Waals surface area contributed by atoms with E-state index in [1.54, 1.807) is 0 Å². The second-order valence-electron chi connectivity index (χ2n) is 17.7. The van der Waals surface area contributed by atoms with Gasteiger partial charge in [0.05, 0.1) is 0 Å². The summed E-state index contributed by atoms with van der Waals surface area (Å²) in [6, 6.07) is 40.6. The summed E-state index contributed by atoms with van der Waals surface area (Å²) in [6.45, 7) is 31.2. The SMILES string of the molecule is Cc1cc(N(c2ccc(C)c(C)c2C)c2ccc(C)c(C)c2C)ccc1C=Cc1cccc(C=Cc2ccc(N(c3ccc(C)c(C)c3C)c3ccc(C)c(C)c3C)cc2C)c1. The van der Waals surface area contributed by atoms with Crippen LogP contribution in [0.5, 0.6) is 0 Å². The minimum atomic E-state index is 1.17. The number of benzene rings is 7. The topological polar surface area (TPSA) is 6.48 Å². The normalized spacial score (nSPS) is 11.6. The van der Waals surface area contributed by atoms with E-state index in [4.69, 9.17) is 0 Å². The molecule has 2 heteroatoms.